The van der Waals surface area contributed by atoms with E-state index in [0.717, 1.165) is 4.90 Å². The van der Waals surface area contributed by atoms with Gasteiger partial charge in [-0.2, -0.15) is 0 Å². The molecule has 0 radical (unpaired) electrons. The molecule has 2 heterocycles. The van der Waals surface area contributed by atoms with Gasteiger partial charge in [-0.3, -0.25) is 28.9 Å². The van der Waals surface area contributed by atoms with Gasteiger partial charge in [0.2, 0.25) is 17.7 Å². The van der Waals surface area contributed by atoms with Crippen LogP contribution in [0.15, 0.2) is 48.5 Å². The molecule has 37 heavy (non-hydrogen) atoms. The fraction of sp³-hybridized carbons (Fsp3) is 0.308. The van der Waals surface area contributed by atoms with E-state index in [1.165, 1.54) is 26.2 Å². The van der Waals surface area contributed by atoms with Crippen LogP contribution in [0, 0.1) is 0 Å². The maximum atomic E-state index is 13.4. The first kappa shape index (κ1) is 25.5. The van der Waals surface area contributed by atoms with Crippen LogP contribution in [0.1, 0.15) is 38.8 Å². The summed E-state index contributed by atoms with van der Waals surface area (Å²) in [7, 11) is 1.20. The number of carbonyl (C=O) groups excluding carboxylic acids is 6. The number of benzene rings is 2. The smallest absolute Gasteiger partial charge is 0.328 e. The number of imide groups is 1. The summed E-state index contributed by atoms with van der Waals surface area (Å²) in [5, 5.41) is 7.51. The number of fused-ring (bicyclic) bond motifs is 3. The molecule has 192 valence electrons. The number of hydrogen-bond donors (Lipinski definition) is 3. The van der Waals surface area contributed by atoms with Crippen LogP contribution in [0.5, 0.6) is 0 Å². The van der Waals surface area contributed by atoms with E-state index in [9.17, 15) is 28.8 Å². The van der Waals surface area contributed by atoms with Gasteiger partial charge in [-0.15, -0.1) is 0 Å². The average Bonchev–Trinajstić information content (AvgIpc) is 3.14. The Balaban J connectivity index is 1.72. The Morgan fingerprint density at radius 1 is 0.865 bits per heavy atom. The van der Waals surface area contributed by atoms with Gasteiger partial charge in [0, 0.05) is 12.8 Å². The summed E-state index contributed by atoms with van der Waals surface area (Å²) in [6, 6.07) is 9.87. The maximum Gasteiger partial charge on any atom is 0.328 e. The highest BCUT2D eigenvalue weighted by Crippen LogP contribution is 2.26. The number of nitrogens with one attached hydrogen (secondary N) is 3. The molecule has 0 fully saturated rings. The first-order valence-electron chi connectivity index (χ1n) is 11.7. The van der Waals surface area contributed by atoms with Crippen molar-refractivity contribution in [3.05, 3.63) is 70.8 Å². The van der Waals surface area contributed by atoms with E-state index in [4.69, 9.17) is 4.74 Å². The highest BCUT2D eigenvalue weighted by molar-refractivity contribution is 6.23. The van der Waals surface area contributed by atoms with Gasteiger partial charge in [0.05, 0.1) is 24.8 Å². The molecule has 0 saturated heterocycles. The highest BCUT2D eigenvalue weighted by atomic mass is 16.5. The van der Waals surface area contributed by atoms with Gasteiger partial charge in [-0.1, -0.05) is 36.4 Å². The largest absolute Gasteiger partial charge is 0.467 e. The topological polar surface area (TPSA) is 151 Å². The summed E-state index contributed by atoms with van der Waals surface area (Å²) < 4.78 is 4.81. The standard InChI is InChI=1S/C26H26N4O7/c1-14-22(32)27-13-21(31)29-19(26(36)37-2)11-15-6-5-7-16(10-15)12-20(23(33)28-14)30-24(34)17-8-3-4-9-18(17)25(30)35/h3-10,14,19-20H,11-13H2,1-2H3,(H,27,32)(H,28,33)(H,29,31)/t14-,19?,20-/m0/s1. The molecule has 2 aromatic carbocycles. The molecule has 11 heteroatoms. The number of hydrogen-bond acceptors (Lipinski definition) is 7. The summed E-state index contributed by atoms with van der Waals surface area (Å²) in [6.45, 7) is 0.981. The predicted octanol–water partition coefficient (Wildman–Crippen LogP) is -0.271. The van der Waals surface area contributed by atoms with E-state index in [1.54, 1.807) is 36.4 Å². The molecule has 1 unspecified atom stereocenters. The number of esters is 1. The molecule has 0 spiro atoms. The van der Waals surface area contributed by atoms with Crippen molar-refractivity contribution in [2.24, 2.45) is 0 Å². The molecule has 4 rings (SSSR count). The van der Waals surface area contributed by atoms with Crippen LogP contribution >= 0.6 is 0 Å². The fourth-order valence-corrected chi connectivity index (χ4v) is 4.41. The maximum absolute atomic E-state index is 13.4. The number of carbonyl (C=O) groups is 6. The Labute approximate surface area is 212 Å². The third-order valence-electron chi connectivity index (χ3n) is 6.30. The van der Waals surface area contributed by atoms with Gasteiger partial charge in [0.15, 0.2) is 0 Å². The quantitative estimate of drug-likeness (QED) is 0.375. The second-order valence-corrected chi connectivity index (χ2v) is 8.86. The monoisotopic (exact) mass is 506 g/mol. The van der Waals surface area contributed by atoms with Crippen molar-refractivity contribution in [3.8, 4) is 0 Å². The van der Waals surface area contributed by atoms with Crippen molar-refractivity contribution in [3.63, 3.8) is 0 Å². The lowest BCUT2D eigenvalue weighted by Gasteiger charge is -2.27. The Bertz CT molecular complexity index is 1260. The third-order valence-corrected chi connectivity index (χ3v) is 6.30. The van der Waals surface area contributed by atoms with Crippen LogP contribution in [-0.2, 0) is 36.8 Å². The van der Waals surface area contributed by atoms with Crippen molar-refractivity contribution < 1.29 is 33.5 Å². The fourth-order valence-electron chi connectivity index (χ4n) is 4.41. The Morgan fingerprint density at radius 2 is 1.49 bits per heavy atom. The third kappa shape index (κ3) is 5.35. The summed E-state index contributed by atoms with van der Waals surface area (Å²) in [5.41, 5.74) is 1.65. The zero-order valence-corrected chi connectivity index (χ0v) is 20.3. The molecular formula is C26H26N4O7. The lowest BCUT2D eigenvalue weighted by Crippen LogP contribution is -2.55. The second kappa shape index (κ2) is 10.6. The number of amides is 5. The molecule has 11 nitrogen and oxygen atoms in total. The average molecular weight is 507 g/mol. The molecule has 5 amide bonds. The number of rotatable bonds is 2. The molecule has 3 N–H and O–H groups in total. The highest BCUT2D eigenvalue weighted by Gasteiger charge is 2.43. The Kier molecular flexibility index (Phi) is 7.32. The number of ether oxygens (including phenoxy) is 1. The van der Waals surface area contributed by atoms with Crippen molar-refractivity contribution in [1.82, 2.24) is 20.9 Å². The zero-order valence-electron chi connectivity index (χ0n) is 20.3. The number of methoxy groups -OCH3 is 1. The van der Waals surface area contributed by atoms with Gasteiger partial charge in [-0.05, 0) is 30.2 Å². The van der Waals surface area contributed by atoms with E-state index < -0.39 is 60.2 Å². The van der Waals surface area contributed by atoms with Crippen molar-refractivity contribution in [1.29, 1.82) is 0 Å². The Morgan fingerprint density at radius 3 is 2.11 bits per heavy atom. The van der Waals surface area contributed by atoms with Crippen molar-refractivity contribution in [2.45, 2.75) is 37.9 Å². The molecule has 0 aromatic heterocycles. The normalized spacial score (nSPS) is 22.7. The van der Waals surface area contributed by atoms with E-state index in [0.29, 0.717) is 11.1 Å². The minimum absolute atomic E-state index is 0.0330. The summed E-state index contributed by atoms with van der Waals surface area (Å²) in [5.74, 6) is -3.84. The minimum Gasteiger partial charge on any atom is -0.467 e. The predicted molar refractivity (Wildman–Crippen MR) is 129 cm³/mol. The molecule has 2 aliphatic heterocycles. The molecule has 2 bridgehead atoms. The summed E-state index contributed by atoms with van der Waals surface area (Å²) in [4.78, 5) is 77.9. The van der Waals surface area contributed by atoms with E-state index in [1.807, 2.05) is 0 Å². The summed E-state index contributed by atoms with van der Waals surface area (Å²) >= 11 is 0. The zero-order chi connectivity index (χ0) is 26.7. The molecular weight excluding hydrogens is 480 g/mol. The SMILES string of the molecule is COC(=O)C1Cc2cccc(c2)C[C@H](N2C(=O)c3ccccc3C2=O)C(=O)N[C@@H](C)C(=O)NCC(=O)N1. The molecule has 0 aliphatic carbocycles. The second-order valence-electron chi connectivity index (χ2n) is 8.86. The van der Waals surface area contributed by atoms with Crippen LogP contribution in [0.2, 0.25) is 0 Å². The van der Waals surface area contributed by atoms with E-state index in [2.05, 4.69) is 16.0 Å². The summed E-state index contributed by atoms with van der Waals surface area (Å²) in [6.07, 6.45) is 0.0508. The lowest BCUT2D eigenvalue weighted by molar-refractivity contribution is -0.145. The molecule has 2 aromatic rings. The van der Waals surface area contributed by atoms with Crippen LogP contribution in [0.4, 0.5) is 0 Å². The van der Waals surface area contributed by atoms with Gasteiger partial charge in [-0.25, -0.2) is 4.79 Å². The van der Waals surface area contributed by atoms with E-state index >= 15 is 0 Å². The first-order valence-corrected chi connectivity index (χ1v) is 11.7. The van der Waals surface area contributed by atoms with Gasteiger partial charge in [0.1, 0.15) is 18.1 Å². The number of nitrogens with zero attached hydrogens (tertiary/aromatic N) is 1. The lowest BCUT2D eigenvalue weighted by atomic mass is 9.98. The van der Waals surface area contributed by atoms with Gasteiger partial charge in [0.25, 0.3) is 11.8 Å². The molecule has 2 aliphatic rings. The van der Waals surface area contributed by atoms with Crippen LogP contribution in [0.3, 0.4) is 0 Å². The van der Waals surface area contributed by atoms with Crippen molar-refractivity contribution >= 4 is 35.5 Å². The van der Waals surface area contributed by atoms with Crippen molar-refractivity contribution in [2.75, 3.05) is 13.7 Å². The van der Waals surface area contributed by atoms with Gasteiger partial charge >= 0.3 is 5.97 Å². The van der Waals surface area contributed by atoms with Crippen LogP contribution < -0.4 is 16.0 Å². The first-order chi connectivity index (χ1) is 17.7. The molecule has 0 saturated carbocycles. The minimum atomic E-state index is -1.25. The van der Waals surface area contributed by atoms with Crippen LogP contribution in [0.25, 0.3) is 0 Å². The Hall–Kier alpha value is -4.54. The van der Waals surface area contributed by atoms with E-state index in [-0.39, 0.29) is 24.0 Å². The molecule has 3 atom stereocenters. The van der Waals surface area contributed by atoms with Crippen LogP contribution in [-0.4, -0.2) is 72.2 Å². The van der Waals surface area contributed by atoms with Gasteiger partial charge < -0.3 is 20.7 Å².